The lowest BCUT2D eigenvalue weighted by atomic mass is 10.1. The fourth-order valence-electron chi connectivity index (χ4n) is 3.55. The van der Waals surface area contributed by atoms with E-state index in [1.165, 1.54) is 47.8 Å². The number of hydrogen-bond acceptors (Lipinski definition) is 4. The number of nitrogens with zero attached hydrogens (tertiary/aromatic N) is 3. The van der Waals surface area contributed by atoms with E-state index in [0.717, 1.165) is 31.4 Å². The second-order valence-electron chi connectivity index (χ2n) is 6.93. The van der Waals surface area contributed by atoms with E-state index in [9.17, 15) is 0 Å². The summed E-state index contributed by atoms with van der Waals surface area (Å²) >= 11 is 2.05. The van der Waals surface area contributed by atoms with Gasteiger partial charge in [0.25, 0.3) is 0 Å². The van der Waals surface area contributed by atoms with E-state index in [2.05, 4.69) is 52.2 Å². The van der Waals surface area contributed by atoms with Crippen LogP contribution >= 0.6 is 11.8 Å². The average molecular weight is 343 g/mol. The van der Waals surface area contributed by atoms with Crippen molar-refractivity contribution in [3.05, 3.63) is 47.3 Å². The Balaban J connectivity index is 1.28. The van der Waals surface area contributed by atoms with Crippen molar-refractivity contribution in [1.29, 1.82) is 0 Å². The molecular weight excluding hydrogens is 316 g/mol. The predicted molar refractivity (Wildman–Crippen MR) is 99.3 cm³/mol. The van der Waals surface area contributed by atoms with E-state index < -0.39 is 0 Å². The maximum Gasteiger partial charge on any atom is 0.0768 e. The lowest BCUT2D eigenvalue weighted by Crippen LogP contribution is -2.34. The van der Waals surface area contributed by atoms with E-state index in [1.54, 1.807) is 0 Å². The first-order valence-electron chi connectivity index (χ1n) is 8.98. The first-order chi connectivity index (χ1) is 11.8. The van der Waals surface area contributed by atoms with Crippen LogP contribution in [-0.2, 0) is 19.6 Å². The molecule has 0 amide bonds. The van der Waals surface area contributed by atoms with Gasteiger partial charge in [-0.2, -0.15) is 5.10 Å². The summed E-state index contributed by atoms with van der Waals surface area (Å²) in [5.41, 5.74) is 3.91. The summed E-state index contributed by atoms with van der Waals surface area (Å²) in [7, 11) is 0. The van der Waals surface area contributed by atoms with E-state index >= 15 is 0 Å². The molecule has 4 nitrogen and oxygen atoms in total. The molecule has 5 heteroatoms. The second kappa shape index (κ2) is 7.30. The van der Waals surface area contributed by atoms with Gasteiger partial charge in [-0.3, -0.25) is 9.58 Å². The van der Waals surface area contributed by atoms with Crippen molar-refractivity contribution in [2.24, 2.45) is 0 Å². The van der Waals surface area contributed by atoms with Crippen LogP contribution in [0.2, 0.25) is 0 Å². The molecule has 2 aromatic rings. The molecular formula is C19H26N4S. The van der Waals surface area contributed by atoms with Crippen LogP contribution in [0.4, 0.5) is 0 Å². The molecule has 128 valence electrons. The normalized spacial score (nSPS) is 19.4. The molecule has 1 fully saturated rings. The van der Waals surface area contributed by atoms with E-state index in [4.69, 9.17) is 5.10 Å². The number of fused-ring (bicyclic) bond motifs is 1. The van der Waals surface area contributed by atoms with Crippen molar-refractivity contribution in [2.45, 2.75) is 49.5 Å². The van der Waals surface area contributed by atoms with Crippen molar-refractivity contribution < 1.29 is 0 Å². The van der Waals surface area contributed by atoms with E-state index in [-0.39, 0.29) is 0 Å². The Morgan fingerprint density at radius 2 is 1.96 bits per heavy atom. The van der Waals surface area contributed by atoms with Gasteiger partial charge >= 0.3 is 0 Å². The average Bonchev–Trinajstić information content (AvgIpc) is 3.01. The molecule has 0 atom stereocenters. The Morgan fingerprint density at radius 3 is 2.71 bits per heavy atom. The van der Waals surface area contributed by atoms with Crippen molar-refractivity contribution in [3.8, 4) is 0 Å². The van der Waals surface area contributed by atoms with Gasteiger partial charge in [0.05, 0.1) is 17.9 Å². The lowest BCUT2D eigenvalue weighted by Gasteiger charge is -2.31. The largest absolute Gasteiger partial charge is 0.309 e. The number of nitrogens with one attached hydrogen (secondary N) is 1. The molecule has 0 bridgehead atoms. The molecule has 0 spiro atoms. The summed E-state index contributed by atoms with van der Waals surface area (Å²) in [4.78, 5) is 3.97. The molecule has 1 N–H and O–H groups in total. The van der Waals surface area contributed by atoms with Gasteiger partial charge in [-0.15, -0.1) is 11.8 Å². The van der Waals surface area contributed by atoms with Crippen LogP contribution in [0.5, 0.6) is 0 Å². The van der Waals surface area contributed by atoms with Crippen LogP contribution < -0.4 is 5.32 Å². The molecule has 1 aromatic heterocycles. The third kappa shape index (κ3) is 3.85. The van der Waals surface area contributed by atoms with Crippen molar-refractivity contribution in [1.82, 2.24) is 20.0 Å². The molecule has 1 saturated heterocycles. The smallest absolute Gasteiger partial charge is 0.0768 e. The number of aromatic nitrogens is 2. The van der Waals surface area contributed by atoms with Crippen LogP contribution in [0, 0.1) is 6.92 Å². The fraction of sp³-hybridized carbons (Fsp3) is 0.526. The van der Waals surface area contributed by atoms with Gasteiger partial charge in [-0.05, 0) is 51.1 Å². The highest BCUT2D eigenvalue weighted by Crippen LogP contribution is 2.30. The third-order valence-corrected chi connectivity index (χ3v) is 6.31. The molecule has 1 aromatic carbocycles. The highest BCUT2D eigenvalue weighted by molar-refractivity contribution is 8.00. The zero-order valence-corrected chi connectivity index (χ0v) is 15.2. The Morgan fingerprint density at radius 1 is 1.17 bits per heavy atom. The minimum Gasteiger partial charge on any atom is -0.309 e. The molecule has 2 aliphatic heterocycles. The molecule has 0 aliphatic carbocycles. The summed E-state index contributed by atoms with van der Waals surface area (Å²) < 4.78 is 2.17. The Bertz CT molecular complexity index is 648. The number of hydrogen-bond donors (Lipinski definition) is 1. The Hall–Kier alpha value is -1.30. The summed E-state index contributed by atoms with van der Waals surface area (Å²) in [6, 6.07) is 11.2. The molecule has 2 aliphatic rings. The monoisotopic (exact) mass is 342 g/mol. The first kappa shape index (κ1) is 16.2. The fourth-order valence-corrected chi connectivity index (χ4v) is 4.68. The lowest BCUT2D eigenvalue weighted by molar-refractivity contribution is 0.221. The summed E-state index contributed by atoms with van der Waals surface area (Å²) in [5.74, 6) is 0. The number of aryl methyl sites for hydroxylation is 1. The van der Waals surface area contributed by atoms with Crippen molar-refractivity contribution in [3.63, 3.8) is 0 Å². The molecule has 24 heavy (non-hydrogen) atoms. The van der Waals surface area contributed by atoms with E-state index in [1.807, 2.05) is 11.8 Å². The van der Waals surface area contributed by atoms with Gasteiger partial charge in [0, 0.05) is 29.8 Å². The molecule has 3 heterocycles. The van der Waals surface area contributed by atoms with Gasteiger partial charge < -0.3 is 5.32 Å². The topological polar surface area (TPSA) is 33.1 Å². The number of likely N-dealkylation sites (tertiary alicyclic amines) is 1. The van der Waals surface area contributed by atoms with Crippen LogP contribution in [0.3, 0.4) is 0 Å². The molecule has 0 radical (unpaired) electrons. The van der Waals surface area contributed by atoms with Gasteiger partial charge in [-0.1, -0.05) is 17.7 Å². The Labute approximate surface area is 148 Å². The SMILES string of the molecule is Cc1ccc(SC2CCN(Cc3cc4n(n3)CCNC4)CC2)cc1. The molecule has 0 saturated carbocycles. The molecule has 4 rings (SSSR count). The van der Waals surface area contributed by atoms with Crippen molar-refractivity contribution >= 4 is 11.8 Å². The highest BCUT2D eigenvalue weighted by atomic mass is 32.2. The molecule has 0 unspecified atom stereocenters. The van der Waals surface area contributed by atoms with Crippen LogP contribution in [-0.4, -0.2) is 39.6 Å². The third-order valence-electron chi connectivity index (χ3n) is 4.96. The van der Waals surface area contributed by atoms with Crippen molar-refractivity contribution in [2.75, 3.05) is 19.6 Å². The van der Waals surface area contributed by atoms with Crippen LogP contribution in [0.25, 0.3) is 0 Å². The van der Waals surface area contributed by atoms with E-state index in [0.29, 0.717) is 0 Å². The Kier molecular flexibility index (Phi) is 4.92. The zero-order valence-electron chi connectivity index (χ0n) is 14.4. The number of piperidine rings is 1. The number of benzene rings is 1. The zero-order chi connectivity index (χ0) is 16.4. The highest BCUT2D eigenvalue weighted by Gasteiger charge is 2.21. The van der Waals surface area contributed by atoms with Gasteiger partial charge in [0.2, 0.25) is 0 Å². The first-order valence-corrected chi connectivity index (χ1v) is 9.86. The quantitative estimate of drug-likeness (QED) is 0.926. The number of rotatable bonds is 4. The summed E-state index contributed by atoms with van der Waals surface area (Å²) in [6.07, 6.45) is 2.54. The minimum atomic E-state index is 0.753. The second-order valence-corrected chi connectivity index (χ2v) is 8.31. The van der Waals surface area contributed by atoms with Gasteiger partial charge in [0.15, 0.2) is 0 Å². The number of thioether (sulfide) groups is 1. The van der Waals surface area contributed by atoms with Crippen LogP contribution in [0.1, 0.15) is 29.8 Å². The predicted octanol–water partition coefficient (Wildman–Crippen LogP) is 3.05. The van der Waals surface area contributed by atoms with Gasteiger partial charge in [0.1, 0.15) is 0 Å². The maximum absolute atomic E-state index is 4.77. The summed E-state index contributed by atoms with van der Waals surface area (Å²) in [6.45, 7) is 8.52. The van der Waals surface area contributed by atoms with Gasteiger partial charge in [-0.25, -0.2) is 0 Å². The summed E-state index contributed by atoms with van der Waals surface area (Å²) in [5, 5.41) is 8.94. The maximum atomic E-state index is 4.77. The standard InChI is InChI=1S/C19H26N4S/c1-15-2-4-18(5-3-15)24-19-6-9-22(10-7-19)14-16-12-17-13-20-8-11-23(17)21-16/h2-5,12,19-20H,6-11,13-14H2,1H3. The minimum absolute atomic E-state index is 0.753. The van der Waals surface area contributed by atoms with Crippen LogP contribution in [0.15, 0.2) is 35.2 Å².